The molecule has 0 aliphatic carbocycles. The van der Waals surface area contributed by atoms with Crippen molar-refractivity contribution in [3.63, 3.8) is 0 Å². The standard InChI is InChI=1S/C15H13N5S/c1-9-7-18-15(19-8-9)21-13-6-11(14(16)17)10-4-2-3-5-12(10)20-13/h2-8H,1H3,(H3,16,17). The molecule has 0 atom stereocenters. The summed E-state index contributed by atoms with van der Waals surface area (Å²) in [5.41, 5.74) is 8.17. The van der Waals surface area contributed by atoms with Gasteiger partial charge in [0.1, 0.15) is 10.9 Å². The van der Waals surface area contributed by atoms with Gasteiger partial charge in [-0.15, -0.1) is 0 Å². The molecule has 6 heteroatoms. The Morgan fingerprint density at radius 3 is 2.62 bits per heavy atom. The highest BCUT2D eigenvalue weighted by atomic mass is 32.2. The summed E-state index contributed by atoms with van der Waals surface area (Å²) in [7, 11) is 0. The average Bonchev–Trinajstić information content (AvgIpc) is 2.48. The van der Waals surface area contributed by atoms with Crippen LogP contribution in [-0.4, -0.2) is 20.8 Å². The van der Waals surface area contributed by atoms with Crippen molar-refractivity contribution < 1.29 is 0 Å². The number of rotatable bonds is 3. The number of para-hydroxylation sites is 1. The molecule has 0 radical (unpaired) electrons. The normalized spacial score (nSPS) is 10.7. The van der Waals surface area contributed by atoms with E-state index < -0.39 is 0 Å². The molecule has 2 heterocycles. The summed E-state index contributed by atoms with van der Waals surface area (Å²) in [6.07, 6.45) is 3.53. The quantitative estimate of drug-likeness (QED) is 0.440. The summed E-state index contributed by atoms with van der Waals surface area (Å²) in [4.78, 5) is 13.1. The topological polar surface area (TPSA) is 88.5 Å². The second-order valence-electron chi connectivity index (χ2n) is 4.58. The van der Waals surface area contributed by atoms with Gasteiger partial charge in [0.2, 0.25) is 0 Å². The Kier molecular flexibility index (Phi) is 3.53. The number of benzene rings is 1. The van der Waals surface area contributed by atoms with Gasteiger partial charge in [-0.1, -0.05) is 18.2 Å². The fourth-order valence-corrected chi connectivity index (χ4v) is 2.67. The van der Waals surface area contributed by atoms with E-state index in [4.69, 9.17) is 11.1 Å². The van der Waals surface area contributed by atoms with Crippen LogP contribution in [0.15, 0.2) is 52.9 Å². The first-order valence-electron chi connectivity index (χ1n) is 6.34. The molecule has 104 valence electrons. The average molecular weight is 295 g/mol. The van der Waals surface area contributed by atoms with Crippen LogP contribution in [0.25, 0.3) is 10.9 Å². The highest BCUT2D eigenvalue weighted by Gasteiger charge is 2.10. The van der Waals surface area contributed by atoms with E-state index in [1.54, 1.807) is 18.5 Å². The van der Waals surface area contributed by atoms with E-state index in [-0.39, 0.29) is 5.84 Å². The zero-order chi connectivity index (χ0) is 14.8. The molecule has 3 rings (SSSR count). The Morgan fingerprint density at radius 2 is 1.90 bits per heavy atom. The molecule has 3 aromatic rings. The molecule has 0 saturated heterocycles. The van der Waals surface area contributed by atoms with Gasteiger partial charge >= 0.3 is 0 Å². The van der Waals surface area contributed by atoms with Crippen LogP contribution in [0.4, 0.5) is 0 Å². The van der Waals surface area contributed by atoms with Gasteiger partial charge in [0.05, 0.1) is 5.52 Å². The smallest absolute Gasteiger partial charge is 0.193 e. The summed E-state index contributed by atoms with van der Waals surface area (Å²) in [6, 6.07) is 9.44. The van der Waals surface area contributed by atoms with Crippen molar-refractivity contribution in [1.29, 1.82) is 5.41 Å². The van der Waals surface area contributed by atoms with Crippen LogP contribution in [0.1, 0.15) is 11.1 Å². The number of nitrogen functional groups attached to an aromatic ring is 1. The molecule has 0 aliphatic rings. The first-order valence-corrected chi connectivity index (χ1v) is 7.16. The summed E-state index contributed by atoms with van der Waals surface area (Å²) < 4.78 is 0. The van der Waals surface area contributed by atoms with Crippen LogP contribution in [0, 0.1) is 12.3 Å². The highest BCUT2D eigenvalue weighted by Crippen LogP contribution is 2.27. The number of nitrogens with zero attached hydrogens (tertiary/aromatic N) is 3. The first kappa shape index (κ1) is 13.5. The van der Waals surface area contributed by atoms with E-state index in [0.29, 0.717) is 10.7 Å². The molecule has 1 aromatic carbocycles. The van der Waals surface area contributed by atoms with E-state index in [1.807, 2.05) is 31.2 Å². The molecule has 0 spiro atoms. The van der Waals surface area contributed by atoms with Crippen molar-refractivity contribution in [2.24, 2.45) is 5.73 Å². The maximum atomic E-state index is 7.73. The Balaban J connectivity index is 2.06. The summed E-state index contributed by atoms with van der Waals surface area (Å²) >= 11 is 1.36. The molecular weight excluding hydrogens is 282 g/mol. The minimum absolute atomic E-state index is 0.0280. The number of nitrogens with one attached hydrogen (secondary N) is 1. The molecule has 2 aromatic heterocycles. The number of nitrogens with two attached hydrogens (primary N) is 1. The van der Waals surface area contributed by atoms with E-state index in [1.165, 1.54) is 11.8 Å². The van der Waals surface area contributed by atoms with E-state index in [9.17, 15) is 0 Å². The van der Waals surface area contributed by atoms with Crippen molar-refractivity contribution in [3.05, 3.63) is 53.9 Å². The molecule has 0 amide bonds. The number of pyridine rings is 1. The van der Waals surface area contributed by atoms with Crippen LogP contribution in [-0.2, 0) is 0 Å². The molecule has 5 nitrogen and oxygen atoms in total. The summed E-state index contributed by atoms with van der Waals surface area (Å²) in [5.74, 6) is 0.0280. The monoisotopic (exact) mass is 295 g/mol. The number of amidine groups is 1. The molecule has 0 aliphatic heterocycles. The van der Waals surface area contributed by atoms with Crippen LogP contribution >= 0.6 is 11.8 Å². The van der Waals surface area contributed by atoms with Gasteiger partial charge in [-0.3, -0.25) is 5.41 Å². The van der Waals surface area contributed by atoms with Crippen molar-refractivity contribution in [3.8, 4) is 0 Å². The Labute approximate surface area is 126 Å². The lowest BCUT2D eigenvalue weighted by atomic mass is 10.1. The maximum Gasteiger partial charge on any atom is 0.193 e. The molecular formula is C15H13N5S. The fraction of sp³-hybridized carbons (Fsp3) is 0.0667. The number of hydrogen-bond acceptors (Lipinski definition) is 5. The van der Waals surface area contributed by atoms with Gasteiger partial charge in [-0.25, -0.2) is 15.0 Å². The molecule has 0 bridgehead atoms. The second kappa shape index (κ2) is 5.49. The maximum absolute atomic E-state index is 7.73. The lowest BCUT2D eigenvalue weighted by molar-refractivity contribution is 0.946. The predicted molar refractivity (Wildman–Crippen MR) is 83.7 cm³/mol. The van der Waals surface area contributed by atoms with Gasteiger partial charge in [0.25, 0.3) is 0 Å². The Morgan fingerprint density at radius 1 is 1.19 bits per heavy atom. The zero-order valence-corrected chi connectivity index (χ0v) is 12.2. The zero-order valence-electron chi connectivity index (χ0n) is 11.4. The lowest BCUT2D eigenvalue weighted by Crippen LogP contribution is -2.12. The fourth-order valence-electron chi connectivity index (χ4n) is 1.95. The molecule has 0 unspecified atom stereocenters. The third-order valence-corrected chi connectivity index (χ3v) is 3.75. The van der Waals surface area contributed by atoms with Crippen molar-refractivity contribution in [2.75, 3.05) is 0 Å². The van der Waals surface area contributed by atoms with Gasteiger partial charge in [0, 0.05) is 23.3 Å². The number of hydrogen-bond donors (Lipinski definition) is 2. The highest BCUT2D eigenvalue weighted by molar-refractivity contribution is 7.99. The van der Waals surface area contributed by atoms with E-state index >= 15 is 0 Å². The van der Waals surface area contributed by atoms with Gasteiger partial charge < -0.3 is 5.73 Å². The van der Waals surface area contributed by atoms with Crippen LogP contribution in [0.2, 0.25) is 0 Å². The lowest BCUT2D eigenvalue weighted by Gasteiger charge is -2.07. The Hall–Kier alpha value is -2.47. The summed E-state index contributed by atoms with van der Waals surface area (Å²) in [5, 5.41) is 9.95. The van der Waals surface area contributed by atoms with Crippen molar-refractivity contribution in [1.82, 2.24) is 15.0 Å². The van der Waals surface area contributed by atoms with Crippen molar-refractivity contribution in [2.45, 2.75) is 17.1 Å². The minimum Gasteiger partial charge on any atom is -0.384 e. The van der Waals surface area contributed by atoms with Crippen molar-refractivity contribution >= 4 is 28.5 Å². The number of fused-ring (bicyclic) bond motifs is 1. The number of aryl methyl sites for hydroxylation is 1. The first-order chi connectivity index (χ1) is 10.1. The van der Waals surface area contributed by atoms with Crippen LogP contribution < -0.4 is 5.73 Å². The van der Waals surface area contributed by atoms with Crippen LogP contribution in [0.3, 0.4) is 0 Å². The molecule has 0 fully saturated rings. The third-order valence-electron chi connectivity index (χ3n) is 2.94. The predicted octanol–water partition coefficient (Wildman–Crippen LogP) is 2.77. The molecule has 21 heavy (non-hydrogen) atoms. The van der Waals surface area contributed by atoms with Crippen LogP contribution in [0.5, 0.6) is 0 Å². The SMILES string of the molecule is Cc1cnc(Sc2cc(C(=N)N)c3ccccc3n2)nc1. The minimum atomic E-state index is 0.0280. The summed E-state index contributed by atoms with van der Waals surface area (Å²) in [6.45, 7) is 1.94. The second-order valence-corrected chi connectivity index (χ2v) is 5.57. The van der Waals surface area contributed by atoms with Gasteiger partial charge in [-0.05, 0) is 36.4 Å². The molecule has 0 saturated carbocycles. The number of aromatic nitrogens is 3. The Bertz CT molecular complexity index is 814. The molecule has 3 N–H and O–H groups in total. The third kappa shape index (κ3) is 2.85. The largest absolute Gasteiger partial charge is 0.384 e. The van der Waals surface area contributed by atoms with Gasteiger partial charge in [-0.2, -0.15) is 0 Å². The van der Waals surface area contributed by atoms with E-state index in [0.717, 1.165) is 21.5 Å². The van der Waals surface area contributed by atoms with E-state index in [2.05, 4.69) is 15.0 Å². The van der Waals surface area contributed by atoms with Gasteiger partial charge in [0.15, 0.2) is 5.16 Å².